The van der Waals surface area contributed by atoms with Gasteiger partial charge < -0.3 is 0 Å². The normalized spacial score (nSPS) is 22.0. The third kappa shape index (κ3) is 6.66. The zero-order valence-corrected chi connectivity index (χ0v) is 24.2. The van der Waals surface area contributed by atoms with Crippen LogP contribution in [-0.2, 0) is 19.2 Å². The van der Waals surface area contributed by atoms with E-state index in [-0.39, 0.29) is 53.1 Å². The third-order valence-electron chi connectivity index (χ3n) is 9.92. The van der Waals surface area contributed by atoms with E-state index < -0.39 is 0 Å². The van der Waals surface area contributed by atoms with Crippen LogP contribution in [0.2, 0.25) is 0 Å². The molecule has 5 rings (SSSR count). The van der Waals surface area contributed by atoms with Gasteiger partial charge in [0.05, 0.1) is 5.69 Å². The smallest absolute Gasteiger partial charge is 0.238 e. The van der Waals surface area contributed by atoms with Gasteiger partial charge in [-0.05, 0) is 57.4 Å². The molecular weight excluding hydrogens is 502 g/mol. The average Bonchev–Trinajstić information content (AvgIpc) is 3.03. The van der Waals surface area contributed by atoms with Crippen LogP contribution in [0.25, 0.3) is 0 Å². The maximum Gasteiger partial charge on any atom is 0.238 e. The van der Waals surface area contributed by atoms with Crippen molar-refractivity contribution in [2.75, 3.05) is 9.80 Å². The lowest BCUT2D eigenvalue weighted by atomic mass is 9.85. The minimum Gasteiger partial charge on any atom is -0.274 e. The summed E-state index contributed by atoms with van der Waals surface area (Å²) in [5, 5.41) is 0. The summed E-state index contributed by atoms with van der Waals surface area (Å²) in [7, 11) is 0. The van der Waals surface area contributed by atoms with E-state index in [0.717, 1.165) is 128 Å². The fourth-order valence-corrected chi connectivity index (χ4v) is 7.49. The van der Waals surface area contributed by atoms with Crippen molar-refractivity contribution in [1.29, 1.82) is 0 Å². The number of pyridine rings is 1. The molecule has 0 bridgehead atoms. The molecule has 4 fully saturated rings. The molecule has 0 atom stereocenters. The van der Waals surface area contributed by atoms with Gasteiger partial charge in [0.2, 0.25) is 23.6 Å². The molecule has 0 radical (unpaired) electrons. The molecule has 0 unspecified atom stereocenters. The molecule has 1 aromatic rings. The number of carbonyl (C=O) groups excluding carboxylic acids is 4. The highest BCUT2D eigenvalue weighted by atomic mass is 16.2. The zero-order chi connectivity index (χ0) is 27.9. The SMILES string of the molecule is O=C(C1CCCCC1)N(C(=O)C1CCCCC1)c1ccnc(N(C(=O)C2CCCCC2)C(=O)C2CCCCC2)c1. The number of amides is 4. The maximum absolute atomic E-state index is 14.0. The zero-order valence-electron chi connectivity index (χ0n) is 24.2. The molecular formula is C33H47N3O4. The molecule has 1 aromatic heterocycles. The molecule has 7 heteroatoms. The van der Waals surface area contributed by atoms with E-state index in [9.17, 15) is 19.2 Å². The van der Waals surface area contributed by atoms with Crippen LogP contribution in [0.1, 0.15) is 128 Å². The number of hydrogen-bond donors (Lipinski definition) is 0. The quantitative estimate of drug-likeness (QED) is 0.353. The van der Waals surface area contributed by atoms with Crippen molar-refractivity contribution < 1.29 is 19.2 Å². The first-order valence-electron chi connectivity index (χ1n) is 16.3. The summed E-state index contributed by atoms with van der Waals surface area (Å²) >= 11 is 0. The van der Waals surface area contributed by atoms with E-state index in [2.05, 4.69) is 4.98 Å². The first-order valence-corrected chi connectivity index (χ1v) is 16.3. The lowest BCUT2D eigenvalue weighted by Gasteiger charge is -2.33. The number of nitrogens with zero attached hydrogens (tertiary/aromatic N) is 3. The van der Waals surface area contributed by atoms with E-state index in [1.165, 1.54) is 9.80 Å². The Kier molecular flexibility index (Phi) is 10.0. The molecule has 40 heavy (non-hydrogen) atoms. The van der Waals surface area contributed by atoms with Crippen molar-refractivity contribution in [3.63, 3.8) is 0 Å². The van der Waals surface area contributed by atoms with Crippen molar-refractivity contribution in [3.8, 4) is 0 Å². The number of rotatable bonds is 6. The Morgan fingerprint density at radius 2 is 0.825 bits per heavy atom. The van der Waals surface area contributed by atoms with Gasteiger partial charge in [0, 0.05) is 35.9 Å². The molecule has 218 valence electrons. The number of aromatic nitrogens is 1. The molecule has 7 nitrogen and oxygen atoms in total. The summed E-state index contributed by atoms with van der Waals surface area (Å²) in [5.74, 6) is -1.02. The van der Waals surface area contributed by atoms with Gasteiger partial charge >= 0.3 is 0 Å². The van der Waals surface area contributed by atoms with Crippen molar-refractivity contribution in [1.82, 2.24) is 4.98 Å². The molecule has 0 saturated heterocycles. The van der Waals surface area contributed by atoms with Crippen LogP contribution in [0.4, 0.5) is 11.5 Å². The third-order valence-corrected chi connectivity index (χ3v) is 9.92. The maximum atomic E-state index is 14.0. The number of anilines is 2. The van der Waals surface area contributed by atoms with Gasteiger partial charge in [0.15, 0.2) is 0 Å². The molecule has 4 amide bonds. The van der Waals surface area contributed by atoms with Crippen LogP contribution < -0.4 is 9.80 Å². The average molecular weight is 550 g/mol. The Morgan fingerprint density at radius 3 is 1.18 bits per heavy atom. The van der Waals surface area contributed by atoms with E-state index in [1.54, 1.807) is 18.3 Å². The van der Waals surface area contributed by atoms with E-state index >= 15 is 0 Å². The molecule has 0 aliphatic heterocycles. The summed E-state index contributed by atoms with van der Waals surface area (Å²) in [6, 6.07) is 3.38. The first kappa shape index (κ1) is 28.9. The largest absolute Gasteiger partial charge is 0.274 e. The van der Waals surface area contributed by atoms with Crippen molar-refractivity contribution in [3.05, 3.63) is 18.3 Å². The second-order valence-corrected chi connectivity index (χ2v) is 12.7. The summed E-state index contributed by atoms with van der Waals surface area (Å²) in [6.45, 7) is 0. The Hall–Kier alpha value is -2.57. The Bertz CT molecular complexity index is 908. The molecule has 4 aliphatic carbocycles. The van der Waals surface area contributed by atoms with Crippen LogP contribution >= 0.6 is 0 Å². The molecule has 0 spiro atoms. The highest BCUT2D eigenvalue weighted by Gasteiger charge is 2.38. The lowest BCUT2D eigenvalue weighted by Crippen LogP contribution is -2.46. The first-order chi connectivity index (χ1) is 19.5. The Balaban J connectivity index is 1.49. The number of imide groups is 2. The van der Waals surface area contributed by atoms with Crippen LogP contribution in [0.15, 0.2) is 18.3 Å². The predicted octanol–water partition coefficient (Wildman–Crippen LogP) is 7.12. The summed E-state index contributed by atoms with van der Waals surface area (Å²) in [4.78, 5) is 63.1. The summed E-state index contributed by atoms with van der Waals surface area (Å²) in [6.07, 6.45) is 20.4. The fraction of sp³-hybridized carbons (Fsp3) is 0.727. The highest BCUT2D eigenvalue weighted by Crippen LogP contribution is 2.35. The Morgan fingerprint density at radius 1 is 0.500 bits per heavy atom. The molecule has 4 aliphatic rings. The van der Waals surface area contributed by atoms with Crippen molar-refractivity contribution >= 4 is 35.1 Å². The Labute approximate surface area is 239 Å². The van der Waals surface area contributed by atoms with Crippen molar-refractivity contribution in [2.24, 2.45) is 23.7 Å². The van der Waals surface area contributed by atoms with Crippen LogP contribution in [-0.4, -0.2) is 28.6 Å². The van der Waals surface area contributed by atoms with Crippen LogP contribution in [0.5, 0.6) is 0 Å². The van der Waals surface area contributed by atoms with Crippen molar-refractivity contribution in [2.45, 2.75) is 128 Å². The van der Waals surface area contributed by atoms with E-state index in [1.807, 2.05) is 0 Å². The van der Waals surface area contributed by atoms with Gasteiger partial charge in [0.1, 0.15) is 5.82 Å². The standard InChI is InChI=1S/C33H47N3O4/c37-30(24-13-5-1-6-14-24)35(31(38)25-15-7-2-8-16-25)28-21-22-34-29(23-28)36(32(39)26-17-9-3-10-18-26)33(40)27-19-11-4-12-20-27/h21-27H,1-20H2. The lowest BCUT2D eigenvalue weighted by molar-refractivity contribution is -0.133. The highest BCUT2D eigenvalue weighted by molar-refractivity contribution is 6.18. The van der Waals surface area contributed by atoms with Crippen LogP contribution in [0, 0.1) is 23.7 Å². The molecule has 1 heterocycles. The topological polar surface area (TPSA) is 87.7 Å². The van der Waals surface area contributed by atoms with E-state index in [4.69, 9.17) is 0 Å². The summed E-state index contributed by atoms with van der Waals surface area (Å²) < 4.78 is 0. The van der Waals surface area contributed by atoms with Gasteiger partial charge in [0.25, 0.3) is 0 Å². The molecule has 0 aromatic carbocycles. The molecule has 0 N–H and O–H groups in total. The second kappa shape index (κ2) is 13.9. The van der Waals surface area contributed by atoms with Gasteiger partial charge in [-0.15, -0.1) is 0 Å². The van der Waals surface area contributed by atoms with Gasteiger partial charge in [-0.3, -0.25) is 19.2 Å². The predicted molar refractivity (Wildman–Crippen MR) is 156 cm³/mol. The number of carbonyl (C=O) groups is 4. The number of hydrogen-bond acceptors (Lipinski definition) is 5. The summed E-state index contributed by atoms with van der Waals surface area (Å²) in [5.41, 5.74) is 0.453. The van der Waals surface area contributed by atoms with Crippen LogP contribution in [0.3, 0.4) is 0 Å². The second-order valence-electron chi connectivity index (χ2n) is 12.7. The van der Waals surface area contributed by atoms with E-state index in [0.29, 0.717) is 5.69 Å². The van der Waals surface area contributed by atoms with Gasteiger partial charge in [-0.25, -0.2) is 14.8 Å². The van der Waals surface area contributed by atoms with Gasteiger partial charge in [-0.1, -0.05) is 77.0 Å². The minimum absolute atomic E-state index is 0.129. The minimum atomic E-state index is -0.185. The fourth-order valence-electron chi connectivity index (χ4n) is 7.49. The molecule has 4 saturated carbocycles. The van der Waals surface area contributed by atoms with Gasteiger partial charge in [-0.2, -0.15) is 0 Å². The monoisotopic (exact) mass is 549 g/mol.